The first kappa shape index (κ1) is 16.2. The summed E-state index contributed by atoms with van der Waals surface area (Å²) in [4.78, 5) is 0.410. The highest BCUT2D eigenvalue weighted by atomic mass is 32.2. The minimum absolute atomic E-state index is 0.0867. The molecule has 1 heterocycles. The Morgan fingerprint density at radius 1 is 1.32 bits per heavy atom. The number of sulfonamides is 1. The van der Waals surface area contributed by atoms with Crippen molar-refractivity contribution < 1.29 is 8.42 Å². The zero-order valence-electron chi connectivity index (χ0n) is 11.5. The second kappa shape index (κ2) is 7.04. The maximum absolute atomic E-state index is 12.1. The molecule has 0 fully saturated rings. The van der Waals surface area contributed by atoms with E-state index in [4.69, 9.17) is 5.26 Å². The van der Waals surface area contributed by atoms with E-state index in [-0.39, 0.29) is 10.3 Å². The van der Waals surface area contributed by atoms with Crippen LogP contribution in [0.25, 0.3) is 0 Å². The molecule has 1 atom stereocenters. The van der Waals surface area contributed by atoms with E-state index in [0.29, 0.717) is 10.8 Å². The maximum Gasteiger partial charge on any atom is 0.250 e. The summed E-state index contributed by atoms with van der Waals surface area (Å²) in [6.45, 7) is 6.19. The van der Waals surface area contributed by atoms with E-state index in [0.717, 1.165) is 30.6 Å². The minimum Gasteiger partial charge on any atom is -0.208 e. The fourth-order valence-electron chi connectivity index (χ4n) is 1.74. The SMILES string of the molecule is CC(C)CCCC(C)NS(=O)(=O)c1ccc(C#N)s1. The van der Waals surface area contributed by atoms with Gasteiger partial charge in [-0.3, -0.25) is 0 Å². The average Bonchev–Trinajstić information content (AvgIpc) is 2.76. The summed E-state index contributed by atoms with van der Waals surface area (Å²) in [7, 11) is -3.48. The van der Waals surface area contributed by atoms with Gasteiger partial charge >= 0.3 is 0 Å². The maximum atomic E-state index is 12.1. The van der Waals surface area contributed by atoms with Gasteiger partial charge in [-0.1, -0.05) is 26.7 Å². The fourth-order valence-corrected chi connectivity index (χ4v) is 4.14. The Morgan fingerprint density at radius 3 is 2.53 bits per heavy atom. The van der Waals surface area contributed by atoms with Crippen molar-refractivity contribution in [2.75, 3.05) is 0 Å². The first-order chi connectivity index (χ1) is 8.85. The molecule has 1 rings (SSSR count). The average molecular weight is 300 g/mol. The molecule has 19 heavy (non-hydrogen) atoms. The zero-order chi connectivity index (χ0) is 14.5. The van der Waals surface area contributed by atoms with Crippen LogP contribution in [-0.2, 0) is 10.0 Å². The van der Waals surface area contributed by atoms with Gasteiger partial charge in [0.1, 0.15) is 15.2 Å². The summed E-state index contributed by atoms with van der Waals surface area (Å²) in [6.07, 6.45) is 2.94. The number of thiophene rings is 1. The van der Waals surface area contributed by atoms with Crippen LogP contribution in [-0.4, -0.2) is 14.5 Å². The third-order valence-electron chi connectivity index (χ3n) is 2.73. The largest absolute Gasteiger partial charge is 0.250 e. The topological polar surface area (TPSA) is 70.0 Å². The van der Waals surface area contributed by atoms with E-state index in [1.165, 1.54) is 12.1 Å². The Bertz CT molecular complexity index is 541. The van der Waals surface area contributed by atoms with Crippen LogP contribution in [0.1, 0.15) is 44.9 Å². The van der Waals surface area contributed by atoms with E-state index in [1.54, 1.807) is 0 Å². The van der Waals surface area contributed by atoms with Gasteiger partial charge < -0.3 is 0 Å². The Balaban J connectivity index is 2.57. The highest BCUT2D eigenvalue weighted by Crippen LogP contribution is 2.21. The zero-order valence-corrected chi connectivity index (χ0v) is 13.1. The Hall–Kier alpha value is -0.900. The second-order valence-corrected chi connectivity index (χ2v) is 8.10. The van der Waals surface area contributed by atoms with Crippen molar-refractivity contribution in [3.8, 4) is 6.07 Å². The highest BCUT2D eigenvalue weighted by Gasteiger charge is 2.19. The molecule has 1 unspecified atom stereocenters. The first-order valence-electron chi connectivity index (χ1n) is 6.37. The lowest BCUT2D eigenvalue weighted by molar-refractivity contribution is 0.489. The van der Waals surface area contributed by atoms with Crippen LogP contribution in [0.4, 0.5) is 0 Å². The number of hydrogen-bond acceptors (Lipinski definition) is 4. The van der Waals surface area contributed by atoms with Gasteiger partial charge in [-0.2, -0.15) is 5.26 Å². The van der Waals surface area contributed by atoms with Crippen LogP contribution in [0.15, 0.2) is 16.3 Å². The third kappa shape index (κ3) is 5.31. The van der Waals surface area contributed by atoms with Gasteiger partial charge in [0.2, 0.25) is 10.0 Å². The number of rotatable bonds is 7. The molecule has 1 N–H and O–H groups in total. The summed E-state index contributed by atoms with van der Waals surface area (Å²) in [5, 5.41) is 8.71. The van der Waals surface area contributed by atoms with Gasteiger partial charge in [0.05, 0.1) is 0 Å². The van der Waals surface area contributed by atoms with Crippen molar-refractivity contribution in [1.82, 2.24) is 4.72 Å². The molecule has 0 aromatic carbocycles. The standard InChI is InChI=1S/C13H20N2O2S2/c1-10(2)5-4-6-11(3)15-19(16,17)13-8-7-12(9-14)18-13/h7-8,10-11,15H,4-6H2,1-3H3. The number of nitriles is 1. The van der Waals surface area contributed by atoms with Crippen LogP contribution in [0.3, 0.4) is 0 Å². The molecule has 106 valence electrons. The lowest BCUT2D eigenvalue weighted by Gasteiger charge is -2.13. The smallest absolute Gasteiger partial charge is 0.208 e. The molecule has 6 heteroatoms. The molecule has 0 saturated carbocycles. The van der Waals surface area contributed by atoms with Gasteiger partial charge in [0, 0.05) is 6.04 Å². The van der Waals surface area contributed by atoms with E-state index in [1.807, 2.05) is 13.0 Å². The van der Waals surface area contributed by atoms with Gasteiger partial charge in [0.15, 0.2) is 0 Å². The van der Waals surface area contributed by atoms with Crippen molar-refractivity contribution in [1.29, 1.82) is 5.26 Å². The Labute approximate surface area is 119 Å². The molecular formula is C13H20N2O2S2. The summed E-state index contributed by atoms with van der Waals surface area (Å²) in [5.74, 6) is 0.638. The van der Waals surface area contributed by atoms with Crippen LogP contribution in [0.2, 0.25) is 0 Å². The lowest BCUT2D eigenvalue weighted by Crippen LogP contribution is -2.32. The molecule has 0 bridgehead atoms. The first-order valence-corrected chi connectivity index (χ1v) is 8.67. The normalized spacial score (nSPS) is 13.4. The van der Waals surface area contributed by atoms with Crippen LogP contribution >= 0.6 is 11.3 Å². The van der Waals surface area contributed by atoms with E-state index in [9.17, 15) is 8.42 Å². The van der Waals surface area contributed by atoms with Crippen molar-refractivity contribution in [3.05, 3.63) is 17.0 Å². The molecule has 0 aliphatic rings. The van der Waals surface area contributed by atoms with Crippen LogP contribution < -0.4 is 4.72 Å². The molecule has 0 spiro atoms. The summed E-state index contributed by atoms with van der Waals surface area (Å²) in [5.41, 5.74) is 0. The quantitative estimate of drug-likeness (QED) is 0.841. The highest BCUT2D eigenvalue weighted by molar-refractivity contribution is 7.91. The monoisotopic (exact) mass is 300 g/mol. The third-order valence-corrected chi connectivity index (χ3v) is 5.80. The predicted octanol–water partition coefficient (Wildman–Crippen LogP) is 3.11. The molecule has 0 saturated heterocycles. The van der Waals surface area contributed by atoms with Crippen molar-refractivity contribution in [2.45, 2.75) is 50.3 Å². The molecule has 0 aliphatic heterocycles. The van der Waals surface area contributed by atoms with E-state index in [2.05, 4.69) is 18.6 Å². The predicted molar refractivity (Wildman–Crippen MR) is 77.5 cm³/mol. The van der Waals surface area contributed by atoms with E-state index >= 15 is 0 Å². The number of nitrogens with zero attached hydrogens (tertiary/aromatic N) is 1. The van der Waals surface area contributed by atoms with Crippen molar-refractivity contribution >= 4 is 21.4 Å². The van der Waals surface area contributed by atoms with Gasteiger partial charge in [0.25, 0.3) is 0 Å². The van der Waals surface area contributed by atoms with Gasteiger partial charge in [-0.15, -0.1) is 11.3 Å². The van der Waals surface area contributed by atoms with Crippen molar-refractivity contribution in [2.24, 2.45) is 5.92 Å². The van der Waals surface area contributed by atoms with Gasteiger partial charge in [-0.25, -0.2) is 13.1 Å². The Morgan fingerprint density at radius 2 is 2.00 bits per heavy atom. The summed E-state index contributed by atoms with van der Waals surface area (Å²) >= 11 is 0.999. The van der Waals surface area contributed by atoms with Gasteiger partial charge in [-0.05, 0) is 31.4 Å². The Kier molecular flexibility index (Phi) is 5.98. The minimum atomic E-state index is -3.48. The molecule has 0 aliphatic carbocycles. The molecule has 0 radical (unpaired) electrons. The second-order valence-electron chi connectivity index (χ2n) is 5.08. The molecule has 1 aromatic heterocycles. The molecular weight excluding hydrogens is 280 g/mol. The summed E-state index contributed by atoms with van der Waals surface area (Å²) < 4.78 is 27.0. The van der Waals surface area contributed by atoms with E-state index < -0.39 is 10.0 Å². The fraction of sp³-hybridized carbons (Fsp3) is 0.615. The van der Waals surface area contributed by atoms with Crippen LogP contribution in [0, 0.1) is 17.2 Å². The molecule has 4 nitrogen and oxygen atoms in total. The van der Waals surface area contributed by atoms with Crippen molar-refractivity contribution in [3.63, 3.8) is 0 Å². The molecule has 0 amide bonds. The molecule has 1 aromatic rings. The number of nitrogens with one attached hydrogen (secondary N) is 1. The lowest BCUT2D eigenvalue weighted by atomic mass is 10.0. The summed E-state index contributed by atoms with van der Waals surface area (Å²) in [6, 6.07) is 4.87. The number of hydrogen-bond donors (Lipinski definition) is 1. The van der Waals surface area contributed by atoms with Crippen LogP contribution in [0.5, 0.6) is 0 Å².